The standard InChI is InChI=1S/C22H21BrN6O2/c23-18-7-6-17(31-18)21-25-20-13-16(12-19(24)29(20)26-21)22(30)28-10-8-27(9-11-28)14-15-4-2-1-3-5-15/h1-7,12-13H,8-11,14,24H2. The van der Waals surface area contributed by atoms with E-state index in [1.807, 2.05) is 11.0 Å². The van der Waals surface area contributed by atoms with Crippen molar-refractivity contribution >= 4 is 33.3 Å². The molecule has 0 radical (unpaired) electrons. The first-order valence-corrected chi connectivity index (χ1v) is 10.8. The van der Waals surface area contributed by atoms with Crippen LogP contribution < -0.4 is 5.73 Å². The van der Waals surface area contributed by atoms with Crippen molar-refractivity contribution in [1.29, 1.82) is 0 Å². The molecule has 1 fully saturated rings. The maximum absolute atomic E-state index is 13.1. The van der Waals surface area contributed by atoms with Crippen molar-refractivity contribution in [3.63, 3.8) is 0 Å². The number of nitrogen functional groups attached to an aromatic ring is 1. The van der Waals surface area contributed by atoms with Crippen LogP contribution in [0.5, 0.6) is 0 Å². The number of amides is 1. The number of carbonyl (C=O) groups is 1. The lowest BCUT2D eigenvalue weighted by Crippen LogP contribution is -2.48. The largest absolute Gasteiger partial charge is 0.446 e. The van der Waals surface area contributed by atoms with Gasteiger partial charge in [0.1, 0.15) is 5.82 Å². The third-order valence-electron chi connectivity index (χ3n) is 5.41. The number of anilines is 1. The minimum absolute atomic E-state index is 0.0427. The molecule has 31 heavy (non-hydrogen) atoms. The normalized spacial score (nSPS) is 14.9. The molecule has 3 aromatic heterocycles. The number of rotatable bonds is 4. The number of furan rings is 1. The van der Waals surface area contributed by atoms with Crippen LogP contribution in [-0.4, -0.2) is 56.5 Å². The van der Waals surface area contributed by atoms with E-state index < -0.39 is 0 Å². The first-order valence-electron chi connectivity index (χ1n) is 10.0. The molecule has 9 heteroatoms. The van der Waals surface area contributed by atoms with E-state index in [4.69, 9.17) is 10.2 Å². The molecule has 158 valence electrons. The van der Waals surface area contributed by atoms with Gasteiger partial charge in [-0.3, -0.25) is 9.69 Å². The molecule has 0 aliphatic carbocycles. The summed E-state index contributed by atoms with van der Waals surface area (Å²) < 4.78 is 7.63. The number of fused-ring (bicyclic) bond motifs is 1. The van der Waals surface area contributed by atoms with E-state index in [2.05, 4.69) is 55.2 Å². The monoisotopic (exact) mass is 480 g/mol. The van der Waals surface area contributed by atoms with Gasteiger partial charge in [-0.25, -0.2) is 4.98 Å². The summed E-state index contributed by atoms with van der Waals surface area (Å²) in [6, 6.07) is 17.3. The average Bonchev–Trinajstić information content (AvgIpc) is 3.41. The Bertz CT molecular complexity index is 1230. The molecule has 0 atom stereocenters. The van der Waals surface area contributed by atoms with Gasteiger partial charge in [-0.05, 0) is 45.8 Å². The number of aromatic nitrogens is 3. The summed E-state index contributed by atoms with van der Waals surface area (Å²) in [6.45, 7) is 3.92. The zero-order chi connectivity index (χ0) is 21.4. The zero-order valence-electron chi connectivity index (χ0n) is 16.7. The maximum atomic E-state index is 13.1. The Morgan fingerprint density at radius 1 is 1.06 bits per heavy atom. The Hall–Kier alpha value is -3.17. The fourth-order valence-electron chi connectivity index (χ4n) is 3.80. The minimum atomic E-state index is -0.0427. The molecule has 8 nitrogen and oxygen atoms in total. The van der Waals surface area contributed by atoms with E-state index in [0.717, 1.165) is 19.6 Å². The topological polar surface area (TPSA) is 92.9 Å². The quantitative estimate of drug-likeness (QED) is 0.481. The van der Waals surface area contributed by atoms with Crippen LogP contribution in [0.3, 0.4) is 0 Å². The summed E-state index contributed by atoms with van der Waals surface area (Å²) in [4.78, 5) is 21.8. The molecular formula is C22H21BrN6O2. The number of nitrogens with zero attached hydrogens (tertiary/aromatic N) is 5. The van der Waals surface area contributed by atoms with Crippen LogP contribution in [0.4, 0.5) is 5.82 Å². The lowest BCUT2D eigenvalue weighted by Gasteiger charge is -2.34. The second kappa shape index (κ2) is 8.16. The molecule has 1 aliphatic rings. The number of hydrogen-bond donors (Lipinski definition) is 1. The van der Waals surface area contributed by atoms with Crippen LogP contribution >= 0.6 is 15.9 Å². The van der Waals surface area contributed by atoms with Crippen LogP contribution in [0.1, 0.15) is 15.9 Å². The lowest BCUT2D eigenvalue weighted by atomic mass is 10.1. The van der Waals surface area contributed by atoms with Gasteiger partial charge in [0.05, 0.1) is 0 Å². The predicted octanol–water partition coefficient (Wildman–Crippen LogP) is 3.29. The maximum Gasteiger partial charge on any atom is 0.254 e. The fraction of sp³-hybridized carbons (Fsp3) is 0.227. The smallest absolute Gasteiger partial charge is 0.254 e. The number of pyridine rings is 1. The number of hydrogen-bond acceptors (Lipinski definition) is 6. The van der Waals surface area contributed by atoms with Gasteiger partial charge in [0.2, 0.25) is 5.82 Å². The Kier molecular flexibility index (Phi) is 5.21. The Morgan fingerprint density at radius 2 is 1.84 bits per heavy atom. The number of halogens is 1. The van der Waals surface area contributed by atoms with E-state index in [9.17, 15) is 4.79 Å². The van der Waals surface area contributed by atoms with E-state index in [1.54, 1.807) is 24.3 Å². The Morgan fingerprint density at radius 3 is 2.55 bits per heavy atom. The predicted molar refractivity (Wildman–Crippen MR) is 120 cm³/mol. The molecule has 4 heterocycles. The van der Waals surface area contributed by atoms with Crippen LogP contribution in [0.25, 0.3) is 17.2 Å². The fourth-order valence-corrected chi connectivity index (χ4v) is 4.11. The van der Waals surface area contributed by atoms with E-state index >= 15 is 0 Å². The molecule has 0 spiro atoms. The molecule has 4 aromatic rings. The Balaban J connectivity index is 1.31. The van der Waals surface area contributed by atoms with Crippen molar-refractivity contribution in [3.8, 4) is 11.6 Å². The van der Waals surface area contributed by atoms with E-state index in [-0.39, 0.29) is 5.91 Å². The van der Waals surface area contributed by atoms with Crippen molar-refractivity contribution in [1.82, 2.24) is 24.4 Å². The molecule has 1 aromatic carbocycles. The first-order chi connectivity index (χ1) is 15.1. The third-order valence-corrected chi connectivity index (χ3v) is 5.84. The molecule has 1 aliphatic heterocycles. The summed E-state index contributed by atoms with van der Waals surface area (Å²) in [5.74, 6) is 1.25. The van der Waals surface area contributed by atoms with Crippen LogP contribution in [0, 0.1) is 0 Å². The highest BCUT2D eigenvalue weighted by Crippen LogP contribution is 2.24. The van der Waals surface area contributed by atoms with Gasteiger partial charge < -0.3 is 15.1 Å². The van der Waals surface area contributed by atoms with E-state index in [1.165, 1.54) is 10.1 Å². The van der Waals surface area contributed by atoms with E-state index in [0.29, 0.717) is 46.4 Å². The lowest BCUT2D eigenvalue weighted by molar-refractivity contribution is 0.0628. The van der Waals surface area contributed by atoms with Crippen LogP contribution in [0.15, 0.2) is 63.7 Å². The summed E-state index contributed by atoms with van der Waals surface area (Å²) >= 11 is 3.28. The summed E-state index contributed by atoms with van der Waals surface area (Å²) in [6.07, 6.45) is 0. The number of carbonyl (C=O) groups excluding carboxylic acids is 1. The number of benzene rings is 1. The molecule has 0 unspecified atom stereocenters. The summed E-state index contributed by atoms with van der Waals surface area (Å²) in [5, 5.41) is 4.39. The highest BCUT2D eigenvalue weighted by atomic mass is 79.9. The van der Waals surface area contributed by atoms with Crippen molar-refractivity contribution in [3.05, 3.63) is 70.4 Å². The van der Waals surface area contributed by atoms with Crippen molar-refractivity contribution in [2.45, 2.75) is 6.54 Å². The van der Waals surface area contributed by atoms with Crippen molar-refractivity contribution in [2.75, 3.05) is 31.9 Å². The summed E-state index contributed by atoms with van der Waals surface area (Å²) in [5.41, 5.74) is 8.48. The number of piperazine rings is 1. The zero-order valence-corrected chi connectivity index (χ0v) is 18.3. The second-order valence-electron chi connectivity index (χ2n) is 7.53. The van der Waals surface area contributed by atoms with Gasteiger partial charge in [0.25, 0.3) is 5.91 Å². The highest BCUT2D eigenvalue weighted by Gasteiger charge is 2.23. The molecule has 5 rings (SSSR count). The van der Waals surface area contributed by atoms with Gasteiger partial charge in [-0.2, -0.15) is 4.52 Å². The molecule has 2 N–H and O–H groups in total. The van der Waals surface area contributed by atoms with Gasteiger partial charge in [0, 0.05) is 38.3 Å². The first kappa shape index (κ1) is 19.8. The summed E-state index contributed by atoms with van der Waals surface area (Å²) in [7, 11) is 0. The van der Waals surface area contributed by atoms with Crippen LogP contribution in [-0.2, 0) is 6.54 Å². The van der Waals surface area contributed by atoms with Gasteiger partial charge in [0.15, 0.2) is 16.1 Å². The van der Waals surface area contributed by atoms with Gasteiger partial charge >= 0.3 is 0 Å². The molecule has 0 saturated carbocycles. The van der Waals surface area contributed by atoms with Crippen LogP contribution in [0.2, 0.25) is 0 Å². The Labute approximate surface area is 187 Å². The van der Waals surface area contributed by atoms with Gasteiger partial charge in [-0.15, -0.1) is 5.10 Å². The molecule has 1 amide bonds. The minimum Gasteiger partial charge on any atom is -0.446 e. The second-order valence-corrected chi connectivity index (χ2v) is 8.31. The average molecular weight is 481 g/mol. The number of nitrogens with two attached hydrogens (primary N) is 1. The van der Waals surface area contributed by atoms with Gasteiger partial charge in [-0.1, -0.05) is 30.3 Å². The van der Waals surface area contributed by atoms with Crippen molar-refractivity contribution < 1.29 is 9.21 Å². The molecular weight excluding hydrogens is 460 g/mol. The highest BCUT2D eigenvalue weighted by molar-refractivity contribution is 9.10. The molecule has 0 bridgehead atoms. The molecule has 1 saturated heterocycles. The van der Waals surface area contributed by atoms with Crippen molar-refractivity contribution in [2.24, 2.45) is 0 Å². The SMILES string of the molecule is Nc1cc(C(=O)N2CCN(Cc3ccccc3)CC2)cc2nc(-c3ccc(Br)o3)nn12. The third kappa shape index (κ3) is 4.06.